The highest BCUT2D eigenvalue weighted by molar-refractivity contribution is 7.50. The molecule has 4 rings (SSSR count). The first-order valence-electron chi connectivity index (χ1n) is 8.06. The molecular formula is C18H19N2O4P. The number of nitrogens with one attached hydrogen (secondary N) is 1. The van der Waals surface area contributed by atoms with Crippen molar-refractivity contribution in [2.45, 2.75) is 6.42 Å². The van der Waals surface area contributed by atoms with Crippen LogP contribution in [0.25, 0.3) is 10.9 Å². The molecule has 0 saturated heterocycles. The number of aromatic nitrogens is 1. The molecule has 7 heteroatoms. The van der Waals surface area contributed by atoms with Crippen molar-refractivity contribution in [2.24, 2.45) is 0 Å². The summed E-state index contributed by atoms with van der Waals surface area (Å²) in [6.07, 6.45) is 2.81. The fraction of sp³-hybridized carbons (Fsp3) is 0.222. The molecule has 6 nitrogen and oxygen atoms in total. The zero-order valence-electron chi connectivity index (χ0n) is 14.1. The number of para-hydroxylation sites is 2. The van der Waals surface area contributed by atoms with Gasteiger partial charge in [0.2, 0.25) is 0 Å². The van der Waals surface area contributed by atoms with E-state index in [0.29, 0.717) is 17.2 Å². The summed E-state index contributed by atoms with van der Waals surface area (Å²) >= 11 is 0. The van der Waals surface area contributed by atoms with Gasteiger partial charge in [0, 0.05) is 23.6 Å². The van der Waals surface area contributed by atoms with Crippen molar-refractivity contribution in [3.8, 4) is 17.2 Å². The number of likely N-dealkylation sites (N-methyl/N-ethyl adjacent to an activating group) is 1. The van der Waals surface area contributed by atoms with Crippen LogP contribution >= 0.6 is 7.82 Å². The molecule has 0 atom stereocenters. The molecule has 0 spiro atoms. The average Bonchev–Trinajstić information content (AvgIpc) is 3.13. The van der Waals surface area contributed by atoms with Gasteiger partial charge >= 0.3 is 7.82 Å². The summed E-state index contributed by atoms with van der Waals surface area (Å²) in [4.78, 5) is 5.35. The lowest BCUT2D eigenvalue weighted by Crippen LogP contribution is -2.14. The Balaban J connectivity index is 1.66. The first-order valence-corrected chi connectivity index (χ1v) is 9.52. The zero-order valence-corrected chi connectivity index (χ0v) is 15.0. The minimum atomic E-state index is -3.74. The highest BCUT2D eigenvalue weighted by Gasteiger charge is 2.41. The summed E-state index contributed by atoms with van der Waals surface area (Å²) < 4.78 is 29.5. The van der Waals surface area contributed by atoms with E-state index in [4.69, 9.17) is 13.6 Å². The number of hydrogen-bond acceptors (Lipinski definition) is 5. The number of H-pyrrole nitrogens is 1. The third kappa shape index (κ3) is 3.11. The van der Waals surface area contributed by atoms with Gasteiger partial charge in [-0.05, 0) is 50.3 Å². The fourth-order valence-corrected chi connectivity index (χ4v) is 4.14. The van der Waals surface area contributed by atoms with Crippen LogP contribution in [0.3, 0.4) is 0 Å². The SMILES string of the molecule is CN(C)CCc1c[nH]c2cccc(OP3(=O)Oc4ccccc4O3)c12. The Morgan fingerprint density at radius 1 is 1.08 bits per heavy atom. The van der Waals surface area contributed by atoms with E-state index in [1.165, 1.54) is 0 Å². The maximum atomic E-state index is 12.9. The van der Waals surface area contributed by atoms with Crippen molar-refractivity contribution in [3.63, 3.8) is 0 Å². The van der Waals surface area contributed by atoms with Gasteiger partial charge < -0.3 is 23.5 Å². The first-order chi connectivity index (χ1) is 12.0. The molecule has 0 bridgehead atoms. The lowest BCUT2D eigenvalue weighted by atomic mass is 10.1. The minimum absolute atomic E-state index is 0.430. The van der Waals surface area contributed by atoms with Crippen molar-refractivity contribution in [1.29, 1.82) is 0 Å². The predicted molar refractivity (Wildman–Crippen MR) is 96.5 cm³/mol. The molecule has 0 radical (unpaired) electrons. The van der Waals surface area contributed by atoms with Crippen molar-refractivity contribution < 1.29 is 18.1 Å². The van der Waals surface area contributed by atoms with Crippen molar-refractivity contribution in [1.82, 2.24) is 9.88 Å². The number of nitrogens with zero attached hydrogens (tertiary/aromatic N) is 1. The van der Waals surface area contributed by atoms with Gasteiger partial charge in [0.15, 0.2) is 11.5 Å². The smallest absolute Gasteiger partial charge is 0.385 e. The van der Waals surface area contributed by atoms with E-state index in [1.54, 1.807) is 30.3 Å². The molecule has 1 aromatic heterocycles. The summed E-state index contributed by atoms with van der Waals surface area (Å²) in [6, 6.07) is 12.6. The van der Waals surface area contributed by atoms with Gasteiger partial charge in [0.25, 0.3) is 0 Å². The third-order valence-corrected chi connectivity index (χ3v) is 5.32. The quantitative estimate of drug-likeness (QED) is 0.692. The van der Waals surface area contributed by atoms with Gasteiger partial charge in [-0.2, -0.15) is 4.57 Å². The van der Waals surface area contributed by atoms with Crippen molar-refractivity contribution in [2.75, 3.05) is 20.6 Å². The molecule has 25 heavy (non-hydrogen) atoms. The molecule has 0 amide bonds. The number of fused-ring (bicyclic) bond motifs is 2. The lowest BCUT2D eigenvalue weighted by Gasteiger charge is -2.13. The lowest BCUT2D eigenvalue weighted by molar-refractivity contribution is 0.333. The number of benzene rings is 2. The fourth-order valence-electron chi connectivity index (χ4n) is 2.86. The second-order valence-electron chi connectivity index (χ2n) is 6.21. The molecule has 1 aliphatic rings. The van der Waals surface area contributed by atoms with Gasteiger partial charge in [-0.25, -0.2) is 0 Å². The van der Waals surface area contributed by atoms with E-state index < -0.39 is 7.82 Å². The van der Waals surface area contributed by atoms with E-state index in [1.807, 2.05) is 32.4 Å². The van der Waals surface area contributed by atoms with Gasteiger partial charge in [0.1, 0.15) is 5.75 Å². The van der Waals surface area contributed by atoms with Crippen LogP contribution in [-0.2, 0) is 11.0 Å². The summed E-state index contributed by atoms with van der Waals surface area (Å²) in [5, 5.41) is 0.905. The summed E-state index contributed by atoms with van der Waals surface area (Å²) in [7, 11) is 0.323. The number of phosphoric acid groups is 1. The zero-order chi connectivity index (χ0) is 17.4. The van der Waals surface area contributed by atoms with Crippen LogP contribution < -0.4 is 13.6 Å². The number of hydrogen-bond donors (Lipinski definition) is 1. The van der Waals surface area contributed by atoms with Crippen molar-refractivity contribution in [3.05, 3.63) is 54.2 Å². The third-order valence-electron chi connectivity index (χ3n) is 4.06. The number of rotatable bonds is 5. The Hall–Kier alpha value is -2.43. The van der Waals surface area contributed by atoms with Crippen LogP contribution in [0.2, 0.25) is 0 Å². The molecule has 3 aromatic rings. The topological polar surface area (TPSA) is 63.8 Å². The standard InChI is InChI=1S/C18H19N2O4P/c1-20(2)11-10-13-12-19-14-6-5-9-17(18(13)14)24-25(21)22-15-7-3-4-8-16(15)23-25/h3-9,12,19H,10-11H2,1-2H3. The van der Waals surface area contributed by atoms with Gasteiger partial charge in [-0.1, -0.05) is 18.2 Å². The minimum Gasteiger partial charge on any atom is -0.385 e. The monoisotopic (exact) mass is 358 g/mol. The summed E-state index contributed by atoms with van der Waals surface area (Å²) in [6.45, 7) is 0.900. The molecule has 1 aliphatic heterocycles. The van der Waals surface area contributed by atoms with Crippen LogP contribution in [0.4, 0.5) is 0 Å². The summed E-state index contributed by atoms with van der Waals surface area (Å²) in [5.41, 5.74) is 2.03. The molecular weight excluding hydrogens is 339 g/mol. The maximum absolute atomic E-state index is 12.9. The van der Waals surface area contributed by atoms with Gasteiger partial charge in [0.05, 0.1) is 0 Å². The van der Waals surface area contributed by atoms with E-state index in [9.17, 15) is 4.57 Å². The highest BCUT2D eigenvalue weighted by Crippen LogP contribution is 2.59. The van der Waals surface area contributed by atoms with E-state index in [2.05, 4.69) is 9.88 Å². The Bertz CT molecular complexity index is 938. The Morgan fingerprint density at radius 3 is 2.48 bits per heavy atom. The van der Waals surface area contributed by atoms with Gasteiger partial charge in [-0.15, -0.1) is 0 Å². The normalized spacial score (nSPS) is 15.0. The molecule has 0 saturated carbocycles. The number of aromatic amines is 1. The van der Waals surface area contributed by atoms with Crippen LogP contribution in [0.15, 0.2) is 48.7 Å². The second kappa shape index (κ2) is 6.14. The van der Waals surface area contributed by atoms with Crippen LogP contribution in [0, 0.1) is 0 Å². The highest BCUT2D eigenvalue weighted by atomic mass is 31.2. The molecule has 0 aliphatic carbocycles. The van der Waals surface area contributed by atoms with E-state index >= 15 is 0 Å². The maximum Gasteiger partial charge on any atom is 0.647 e. The van der Waals surface area contributed by atoms with E-state index in [0.717, 1.165) is 29.4 Å². The van der Waals surface area contributed by atoms with Crippen molar-refractivity contribution >= 4 is 18.7 Å². The number of phosphoric ester groups is 1. The van der Waals surface area contributed by atoms with E-state index in [-0.39, 0.29) is 0 Å². The molecule has 2 aromatic carbocycles. The Labute approximate surface area is 145 Å². The van der Waals surface area contributed by atoms with Crippen LogP contribution in [-0.4, -0.2) is 30.5 Å². The second-order valence-corrected chi connectivity index (χ2v) is 7.66. The molecule has 130 valence electrons. The molecule has 0 fully saturated rings. The average molecular weight is 358 g/mol. The van der Waals surface area contributed by atoms with Crippen LogP contribution in [0.5, 0.6) is 17.2 Å². The first kappa shape index (κ1) is 16.1. The summed E-state index contributed by atoms with van der Waals surface area (Å²) in [5.74, 6) is 1.35. The largest absolute Gasteiger partial charge is 0.647 e. The molecule has 1 N–H and O–H groups in total. The van der Waals surface area contributed by atoms with Crippen LogP contribution in [0.1, 0.15) is 5.56 Å². The van der Waals surface area contributed by atoms with Gasteiger partial charge in [-0.3, -0.25) is 0 Å². The Kier molecular flexibility index (Phi) is 3.94. The Morgan fingerprint density at radius 2 is 1.80 bits per heavy atom. The molecule has 2 heterocycles. The predicted octanol–water partition coefficient (Wildman–Crippen LogP) is 4.23. The molecule has 0 unspecified atom stereocenters.